The average molecular weight is 135 g/mol. The molecule has 0 amide bonds. The predicted molar refractivity (Wildman–Crippen MR) is 36.3 cm³/mol. The van der Waals surface area contributed by atoms with Gasteiger partial charge in [0.25, 0.3) is 0 Å². The average Bonchev–Trinajstić information content (AvgIpc) is 2.33. The molecule has 9 heavy (non-hydrogen) atoms. The summed E-state index contributed by atoms with van der Waals surface area (Å²) >= 11 is 1.42. The SMILES string of the molecule is [c]1ccnc2cnsc12. The number of aromatic nitrogens is 2. The summed E-state index contributed by atoms with van der Waals surface area (Å²) in [5.41, 5.74) is 0.933. The second-order valence-corrected chi connectivity index (χ2v) is 2.43. The summed E-state index contributed by atoms with van der Waals surface area (Å²) in [4.78, 5) is 4.06. The van der Waals surface area contributed by atoms with E-state index in [0.717, 1.165) is 10.2 Å². The Morgan fingerprint density at radius 1 is 1.56 bits per heavy atom. The molecule has 0 atom stereocenters. The van der Waals surface area contributed by atoms with Crippen LogP contribution in [0, 0.1) is 6.07 Å². The van der Waals surface area contributed by atoms with Crippen molar-refractivity contribution in [3.63, 3.8) is 0 Å². The molecule has 0 aliphatic heterocycles. The van der Waals surface area contributed by atoms with Crippen molar-refractivity contribution < 1.29 is 0 Å². The summed E-state index contributed by atoms with van der Waals surface area (Å²) in [5.74, 6) is 0. The van der Waals surface area contributed by atoms with E-state index in [2.05, 4.69) is 15.4 Å². The van der Waals surface area contributed by atoms with E-state index in [-0.39, 0.29) is 0 Å². The Hall–Kier alpha value is -0.960. The Bertz CT molecular complexity index is 285. The maximum absolute atomic E-state index is 4.06. The van der Waals surface area contributed by atoms with E-state index in [9.17, 15) is 0 Å². The van der Waals surface area contributed by atoms with Crippen LogP contribution in [0.15, 0.2) is 18.5 Å². The highest BCUT2D eigenvalue weighted by Crippen LogP contribution is 2.12. The first kappa shape index (κ1) is 4.88. The highest BCUT2D eigenvalue weighted by atomic mass is 32.1. The zero-order valence-corrected chi connectivity index (χ0v) is 5.35. The van der Waals surface area contributed by atoms with Gasteiger partial charge in [-0.2, -0.15) is 4.37 Å². The first-order valence-corrected chi connectivity index (χ1v) is 3.31. The smallest absolute Gasteiger partial charge is 0.102 e. The van der Waals surface area contributed by atoms with Crippen LogP contribution < -0.4 is 0 Å². The summed E-state index contributed by atoms with van der Waals surface area (Å²) in [7, 11) is 0. The molecule has 2 rings (SSSR count). The molecule has 0 bridgehead atoms. The van der Waals surface area contributed by atoms with Gasteiger partial charge in [-0.1, -0.05) is 0 Å². The normalized spacial score (nSPS) is 10.2. The number of pyridine rings is 1. The second-order valence-electron chi connectivity index (χ2n) is 1.63. The van der Waals surface area contributed by atoms with E-state index < -0.39 is 0 Å². The van der Waals surface area contributed by atoms with Crippen LogP contribution in [0.25, 0.3) is 10.2 Å². The first-order chi connectivity index (χ1) is 4.47. The largest absolute Gasteiger partial charge is 0.254 e. The van der Waals surface area contributed by atoms with E-state index in [4.69, 9.17) is 0 Å². The van der Waals surface area contributed by atoms with Crippen LogP contribution in [0.4, 0.5) is 0 Å². The third-order valence-electron chi connectivity index (χ3n) is 1.05. The highest BCUT2D eigenvalue weighted by Gasteiger charge is 1.91. The van der Waals surface area contributed by atoms with Gasteiger partial charge >= 0.3 is 0 Å². The van der Waals surface area contributed by atoms with Crippen molar-refractivity contribution in [2.75, 3.05) is 0 Å². The minimum absolute atomic E-state index is 0.933. The molecule has 0 unspecified atom stereocenters. The van der Waals surface area contributed by atoms with Gasteiger partial charge in [-0.3, -0.25) is 4.98 Å². The van der Waals surface area contributed by atoms with Crippen LogP contribution in [-0.4, -0.2) is 9.36 Å². The quantitative estimate of drug-likeness (QED) is 0.547. The Morgan fingerprint density at radius 3 is 3.44 bits per heavy atom. The van der Waals surface area contributed by atoms with Crippen molar-refractivity contribution in [2.24, 2.45) is 0 Å². The molecular formula is C6H3N2S. The molecule has 0 aromatic carbocycles. The van der Waals surface area contributed by atoms with Gasteiger partial charge in [-0.15, -0.1) is 0 Å². The lowest BCUT2D eigenvalue weighted by atomic mass is 10.4. The van der Waals surface area contributed by atoms with Crippen LogP contribution in [0.3, 0.4) is 0 Å². The van der Waals surface area contributed by atoms with Gasteiger partial charge in [0.05, 0.1) is 10.9 Å². The van der Waals surface area contributed by atoms with Gasteiger partial charge in [-0.05, 0) is 17.6 Å². The van der Waals surface area contributed by atoms with E-state index in [0.29, 0.717) is 0 Å². The second kappa shape index (κ2) is 1.77. The van der Waals surface area contributed by atoms with Crippen molar-refractivity contribution in [3.8, 4) is 0 Å². The fraction of sp³-hybridized carbons (Fsp3) is 0. The number of fused-ring (bicyclic) bond motifs is 1. The summed E-state index contributed by atoms with van der Waals surface area (Å²) in [6, 6.07) is 4.82. The van der Waals surface area contributed by atoms with Crippen LogP contribution in [-0.2, 0) is 0 Å². The summed E-state index contributed by atoms with van der Waals surface area (Å²) < 4.78 is 4.97. The molecule has 0 saturated carbocycles. The molecule has 0 spiro atoms. The molecule has 43 valence electrons. The standard InChI is InChI=1S/C6H3N2S/c1-2-6-5(7-3-1)4-8-9-6/h1,3-4H. The Balaban J connectivity index is 2.95. The molecule has 0 fully saturated rings. The van der Waals surface area contributed by atoms with Crippen LogP contribution >= 0.6 is 11.5 Å². The van der Waals surface area contributed by atoms with Crippen molar-refractivity contribution in [2.45, 2.75) is 0 Å². The third-order valence-corrected chi connectivity index (χ3v) is 1.77. The highest BCUT2D eigenvalue weighted by molar-refractivity contribution is 7.13. The van der Waals surface area contributed by atoms with Crippen molar-refractivity contribution in [1.29, 1.82) is 0 Å². The molecular weight excluding hydrogens is 132 g/mol. The Kier molecular flexibility index (Phi) is 0.960. The molecule has 0 aliphatic rings. The molecule has 2 heterocycles. The fourth-order valence-corrected chi connectivity index (χ4v) is 1.23. The lowest BCUT2D eigenvalue weighted by Crippen LogP contribution is -1.66. The lowest BCUT2D eigenvalue weighted by Gasteiger charge is -1.79. The fourth-order valence-electron chi connectivity index (χ4n) is 0.657. The minimum Gasteiger partial charge on any atom is -0.254 e. The van der Waals surface area contributed by atoms with E-state index >= 15 is 0 Å². The van der Waals surface area contributed by atoms with Gasteiger partial charge in [0.1, 0.15) is 5.52 Å². The monoisotopic (exact) mass is 135 g/mol. The number of hydrogen-bond donors (Lipinski definition) is 0. The predicted octanol–water partition coefficient (Wildman–Crippen LogP) is 1.49. The summed E-state index contributed by atoms with van der Waals surface area (Å²) in [6.07, 6.45) is 3.47. The van der Waals surface area contributed by atoms with Gasteiger partial charge in [0, 0.05) is 12.3 Å². The van der Waals surface area contributed by atoms with E-state index in [1.54, 1.807) is 18.5 Å². The van der Waals surface area contributed by atoms with Crippen LogP contribution in [0.2, 0.25) is 0 Å². The molecule has 2 nitrogen and oxygen atoms in total. The molecule has 0 aliphatic carbocycles. The zero-order chi connectivity index (χ0) is 6.10. The van der Waals surface area contributed by atoms with Crippen molar-refractivity contribution in [1.82, 2.24) is 9.36 Å². The third kappa shape index (κ3) is 0.695. The molecule has 1 radical (unpaired) electrons. The van der Waals surface area contributed by atoms with Crippen LogP contribution in [0.1, 0.15) is 0 Å². The summed E-state index contributed by atoms with van der Waals surface area (Å²) in [6.45, 7) is 0. The van der Waals surface area contributed by atoms with E-state index in [1.165, 1.54) is 11.5 Å². The first-order valence-electron chi connectivity index (χ1n) is 2.54. The summed E-state index contributed by atoms with van der Waals surface area (Å²) in [5, 5.41) is 0. The maximum atomic E-state index is 4.06. The number of nitrogens with zero attached hydrogens (tertiary/aromatic N) is 2. The van der Waals surface area contributed by atoms with E-state index in [1.807, 2.05) is 0 Å². The molecule has 0 saturated heterocycles. The number of rotatable bonds is 0. The van der Waals surface area contributed by atoms with Crippen LogP contribution in [0.5, 0.6) is 0 Å². The lowest BCUT2D eigenvalue weighted by molar-refractivity contribution is 1.41. The Morgan fingerprint density at radius 2 is 2.56 bits per heavy atom. The molecule has 0 N–H and O–H groups in total. The van der Waals surface area contributed by atoms with Gasteiger partial charge in [0.2, 0.25) is 0 Å². The van der Waals surface area contributed by atoms with Crippen molar-refractivity contribution in [3.05, 3.63) is 24.5 Å². The Labute approximate surface area is 56.3 Å². The molecule has 2 aromatic rings. The number of hydrogen-bond acceptors (Lipinski definition) is 3. The maximum Gasteiger partial charge on any atom is 0.102 e. The zero-order valence-electron chi connectivity index (χ0n) is 4.53. The molecule has 3 heteroatoms. The topological polar surface area (TPSA) is 25.8 Å². The van der Waals surface area contributed by atoms with Crippen molar-refractivity contribution >= 4 is 21.7 Å². The van der Waals surface area contributed by atoms with Gasteiger partial charge in [-0.25, -0.2) is 0 Å². The minimum atomic E-state index is 0.933. The molecule has 2 aromatic heterocycles. The van der Waals surface area contributed by atoms with Gasteiger partial charge in [0.15, 0.2) is 0 Å². The van der Waals surface area contributed by atoms with Gasteiger partial charge < -0.3 is 0 Å².